The second-order valence-corrected chi connectivity index (χ2v) is 6.54. The van der Waals surface area contributed by atoms with E-state index in [4.69, 9.17) is 10.00 Å². The van der Waals surface area contributed by atoms with Gasteiger partial charge in [0.1, 0.15) is 12.4 Å². The number of rotatable bonds is 5. The first-order chi connectivity index (χ1) is 10.9. The molecule has 0 atom stereocenters. The van der Waals surface area contributed by atoms with Crippen molar-refractivity contribution in [2.75, 3.05) is 6.26 Å². The zero-order chi connectivity index (χ0) is 16.9. The van der Waals surface area contributed by atoms with Gasteiger partial charge in [0.05, 0.1) is 17.9 Å². The number of nitrogens with zero attached hydrogens (tertiary/aromatic N) is 1. The first-order valence-corrected chi connectivity index (χ1v) is 8.51. The topological polar surface area (TPSA) is 96.3 Å². The zero-order valence-electron chi connectivity index (χ0n) is 12.3. The minimum Gasteiger partial charge on any atom is -0.489 e. The average molecular weight is 330 g/mol. The molecule has 0 unspecified atom stereocenters. The molecule has 1 amide bonds. The summed E-state index contributed by atoms with van der Waals surface area (Å²) in [6.07, 6.45) is 0.907. The van der Waals surface area contributed by atoms with Gasteiger partial charge in [0.2, 0.25) is 10.0 Å². The molecule has 0 bridgehead atoms. The van der Waals surface area contributed by atoms with Crippen molar-refractivity contribution in [3.63, 3.8) is 0 Å². The van der Waals surface area contributed by atoms with Crippen molar-refractivity contribution >= 4 is 15.9 Å². The molecule has 2 aromatic rings. The normalized spacial score (nSPS) is 10.6. The third-order valence-electron chi connectivity index (χ3n) is 2.91. The molecule has 0 aliphatic heterocycles. The highest BCUT2D eigenvalue weighted by Gasteiger charge is 2.12. The SMILES string of the molecule is CS(=O)(=O)NC(=O)c1cccc(OCc2ccccc2C#N)c1. The van der Waals surface area contributed by atoms with Crippen LogP contribution in [-0.2, 0) is 16.6 Å². The molecule has 0 radical (unpaired) electrons. The van der Waals surface area contributed by atoms with Crippen LogP contribution < -0.4 is 9.46 Å². The molecule has 118 valence electrons. The fraction of sp³-hybridized carbons (Fsp3) is 0.125. The summed E-state index contributed by atoms with van der Waals surface area (Å²) in [5.41, 5.74) is 1.40. The standard InChI is InChI=1S/C16H14N2O4S/c1-23(20,21)18-16(19)12-7-4-8-15(9-12)22-11-14-6-3-2-5-13(14)10-17/h2-9H,11H2,1H3,(H,18,19). The van der Waals surface area contributed by atoms with Crippen molar-refractivity contribution in [3.05, 3.63) is 65.2 Å². The second-order valence-electron chi connectivity index (χ2n) is 4.79. The van der Waals surface area contributed by atoms with E-state index in [2.05, 4.69) is 6.07 Å². The molecule has 0 aliphatic carbocycles. The molecule has 0 heterocycles. The van der Waals surface area contributed by atoms with Gasteiger partial charge in [-0.2, -0.15) is 5.26 Å². The van der Waals surface area contributed by atoms with Gasteiger partial charge >= 0.3 is 0 Å². The van der Waals surface area contributed by atoms with E-state index in [0.717, 1.165) is 11.8 Å². The summed E-state index contributed by atoms with van der Waals surface area (Å²) < 4.78 is 29.6. The van der Waals surface area contributed by atoms with Crippen LogP contribution in [0.4, 0.5) is 0 Å². The number of carbonyl (C=O) groups excluding carboxylic acids is 1. The maximum atomic E-state index is 11.8. The lowest BCUT2D eigenvalue weighted by molar-refractivity contribution is 0.0981. The van der Waals surface area contributed by atoms with Gasteiger partial charge in [-0.3, -0.25) is 4.79 Å². The number of benzene rings is 2. The molecule has 0 fully saturated rings. The third-order valence-corrected chi connectivity index (χ3v) is 3.46. The van der Waals surface area contributed by atoms with E-state index in [1.165, 1.54) is 12.1 Å². The lowest BCUT2D eigenvalue weighted by atomic mass is 10.1. The number of carbonyl (C=O) groups is 1. The minimum atomic E-state index is -3.63. The molecule has 0 aromatic heterocycles. The van der Waals surface area contributed by atoms with Crippen LogP contribution in [0, 0.1) is 11.3 Å². The molecule has 1 N–H and O–H groups in total. The summed E-state index contributed by atoms with van der Waals surface area (Å²) in [7, 11) is -3.63. The molecular formula is C16H14N2O4S. The Hall–Kier alpha value is -2.85. The fourth-order valence-electron chi connectivity index (χ4n) is 1.87. The lowest BCUT2D eigenvalue weighted by Crippen LogP contribution is -2.29. The first-order valence-electron chi connectivity index (χ1n) is 6.62. The van der Waals surface area contributed by atoms with Crippen LogP contribution in [-0.4, -0.2) is 20.6 Å². The minimum absolute atomic E-state index is 0.168. The summed E-state index contributed by atoms with van der Waals surface area (Å²) in [6, 6.07) is 15.3. The van der Waals surface area contributed by atoms with Crippen molar-refractivity contribution in [2.45, 2.75) is 6.61 Å². The Morgan fingerprint density at radius 3 is 2.65 bits per heavy atom. The van der Waals surface area contributed by atoms with Gasteiger partial charge in [-0.25, -0.2) is 13.1 Å². The largest absolute Gasteiger partial charge is 0.489 e. The molecule has 7 heteroatoms. The Morgan fingerprint density at radius 1 is 1.22 bits per heavy atom. The van der Waals surface area contributed by atoms with Crippen LogP contribution in [0.1, 0.15) is 21.5 Å². The molecule has 23 heavy (non-hydrogen) atoms. The van der Waals surface area contributed by atoms with Crippen LogP contribution >= 0.6 is 0 Å². The Labute approximate surface area is 134 Å². The summed E-state index contributed by atoms with van der Waals surface area (Å²) in [4.78, 5) is 11.8. The predicted molar refractivity (Wildman–Crippen MR) is 84.2 cm³/mol. The number of ether oxygens (including phenoxy) is 1. The molecular weight excluding hydrogens is 316 g/mol. The van der Waals surface area contributed by atoms with Gasteiger partial charge in [0.15, 0.2) is 0 Å². The second kappa shape index (κ2) is 6.94. The van der Waals surface area contributed by atoms with E-state index in [0.29, 0.717) is 11.3 Å². The fourth-order valence-corrected chi connectivity index (χ4v) is 2.33. The Morgan fingerprint density at radius 2 is 1.96 bits per heavy atom. The molecule has 6 nitrogen and oxygen atoms in total. The molecule has 2 aromatic carbocycles. The van der Waals surface area contributed by atoms with Crippen LogP contribution in [0.3, 0.4) is 0 Å². The quantitative estimate of drug-likeness (QED) is 0.902. The molecule has 0 aliphatic rings. The van der Waals surface area contributed by atoms with Crippen molar-refractivity contribution in [1.29, 1.82) is 5.26 Å². The monoisotopic (exact) mass is 330 g/mol. The number of amides is 1. The highest BCUT2D eigenvalue weighted by atomic mass is 32.2. The molecule has 0 saturated heterocycles. The number of sulfonamides is 1. The number of nitrogens with one attached hydrogen (secondary N) is 1. The summed E-state index contributed by atoms with van der Waals surface area (Å²) in [5, 5.41) is 9.03. The van der Waals surface area contributed by atoms with Gasteiger partial charge in [-0.05, 0) is 24.3 Å². The third kappa shape index (κ3) is 4.83. The van der Waals surface area contributed by atoms with Gasteiger partial charge in [-0.1, -0.05) is 24.3 Å². The summed E-state index contributed by atoms with van der Waals surface area (Å²) in [6.45, 7) is 0.168. The van der Waals surface area contributed by atoms with E-state index in [1.807, 2.05) is 4.72 Å². The van der Waals surface area contributed by atoms with E-state index < -0.39 is 15.9 Å². The molecule has 0 spiro atoms. The van der Waals surface area contributed by atoms with Crippen molar-refractivity contribution in [2.24, 2.45) is 0 Å². The summed E-state index contributed by atoms with van der Waals surface area (Å²) >= 11 is 0. The van der Waals surface area contributed by atoms with E-state index in [-0.39, 0.29) is 12.2 Å². The average Bonchev–Trinajstić information content (AvgIpc) is 2.52. The van der Waals surface area contributed by atoms with Crippen LogP contribution in [0.2, 0.25) is 0 Å². The van der Waals surface area contributed by atoms with Crippen molar-refractivity contribution in [1.82, 2.24) is 4.72 Å². The van der Waals surface area contributed by atoms with Gasteiger partial charge in [0, 0.05) is 11.1 Å². The van der Waals surface area contributed by atoms with E-state index >= 15 is 0 Å². The smallest absolute Gasteiger partial charge is 0.264 e. The van der Waals surface area contributed by atoms with Crippen LogP contribution in [0.25, 0.3) is 0 Å². The van der Waals surface area contributed by atoms with Gasteiger partial charge < -0.3 is 4.74 Å². The highest BCUT2D eigenvalue weighted by molar-refractivity contribution is 7.89. The van der Waals surface area contributed by atoms with Crippen molar-refractivity contribution < 1.29 is 17.9 Å². The predicted octanol–water partition coefficient (Wildman–Crippen LogP) is 1.83. The Bertz CT molecular complexity index is 870. The lowest BCUT2D eigenvalue weighted by Gasteiger charge is -2.09. The van der Waals surface area contributed by atoms with Crippen LogP contribution in [0.5, 0.6) is 5.75 Å². The summed E-state index contributed by atoms with van der Waals surface area (Å²) in [5.74, 6) is -0.325. The van der Waals surface area contributed by atoms with E-state index in [9.17, 15) is 13.2 Å². The first kappa shape index (κ1) is 16.5. The van der Waals surface area contributed by atoms with E-state index in [1.54, 1.807) is 36.4 Å². The molecule has 2 rings (SSSR count). The van der Waals surface area contributed by atoms with Crippen LogP contribution in [0.15, 0.2) is 48.5 Å². The number of hydrogen-bond donors (Lipinski definition) is 1. The maximum Gasteiger partial charge on any atom is 0.264 e. The van der Waals surface area contributed by atoms with Crippen molar-refractivity contribution in [3.8, 4) is 11.8 Å². The maximum absolute atomic E-state index is 11.8. The van der Waals surface area contributed by atoms with Gasteiger partial charge in [0.25, 0.3) is 5.91 Å². The molecule has 0 saturated carbocycles. The number of hydrogen-bond acceptors (Lipinski definition) is 5. The zero-order valence-corrected chi connectivity index (χ0v) is 13.1. The Kier molecular flexibility index (Phi) is 4.98. The Balaban J connectivity index is 2.12. The number of nitriles is 1. The highest BCUT2D eigenvalue weighted by Crippen LogP contribution is 2.16. The van der Waals surface area contributed by atoms with Gasteiger partial charge in [-0.15, -0.1) is 0 Å².